The number of carbonyl (C=O) groups excluding carboxylic acids is 1. The van der Waals surface area contributed by atoms with Crippen LogP contribution in [-0.4, -0.2) is 18.1 Å². The maximum Gasteiger partial charge on any atom is 0.228 e. The number of hydrogen-bond donors (Lipinski definition) is 2. The molecule has 0 aliphatic carbocycles. The number of phenolic OH excluding ortho intramolecular Hbond substituents is 1. The van der Waals surface area contributed by atoms with Crippen LogP contribution in [0.4, 0.5) is 10.1 Å². The number of aromatic hydroxyl groups is 1. The van der Waals surface area contributed by atoms with Crippen LogP contribution in [0.2, 0.25) is 0 Å². The SMILES string of the molecule is COc1cc(F)ccc1NC(=O)Cc1cccc(O)c1. The molecule has 2 N–H and O–H groups in total. The first-order valence-electron chi connectivity index (χ1n) is 6.00. The Balaban J connectivity index is 2.08. The highest BCUT2D eigenvalue weighted by Gasteiger charge is 2.09. The topological polar surface area (TPSA) is 58.6 Å². The van der Waals surface area contributed by atoms with Crippen molar-refractivity contribution in [3.63, 3.8) is 0 Å². The van der Waals surface area contributed by atoms with Gasteiger partial charge in [-0.1, -0.05) is 12.1 Å². The van der Waals surface area contributed by atoms with Crippen molar-refractivity contribution < 1.29 is 19.0 Å². The van der Waals surface area contributed by atoms with Gasteiger partial charge >= 0.3 is 0 Å². The van der Waals surface area contributed by atoms with Gasteiger partial charge in [-0.25, -0.2) is 4.39 Å². The van der Waals surface area contributed by atoms with Crippen LogP contribution in [0.25, 0.3) is 0 Å². The van der Waals surface area contributed by atoms with E-state index in [9.17, 15) is 14.3 Å². The van der Waals surface area contributed by atoms with E-state index < -0.39 is 5.82 Å². The fraction of sp³-hybridized carbons (Fsp3) is 0.133. The first kappa shape index (κ1) is 13.9. The van der Waals surface area contributed by atoms with Gasteiger partial charge in [0, 0.05) is 6.07 Å². The van der Waals surface area contributed by atoms with Crippen molar-refractivity contribution >= 4 is 11.6 Å². The van der Waals surface area contributed by atoms with Crippen molar-refractivity contribution in [3.05, 3.63) is 53.8 Å². The minimum Gasteiger partial charge on any atom is -0.508 e. The third-order valence-corrected chi connectivity index (χ3v) is 2.71. The molecule has 2 aromatic carbocycles. The van der Waals surface area contributed by atoms with E-state index in [1.807, 2.05) is 0 Å². The number of benzene rings is 2. The average Bonchev–Trinajstić information content (AvgIpc) is 2.40. The third-order valence-electron chi connectivity index (χ3n) is 2.71. The smallest absolute Gasteiger partial charge is 0.228 e. The molecular formula is C15H14FNO3. The summed E-state index contributed by atoms with van der Waals surface area (Å²) < 4.78 is 18.0. The Morgan fingerprint density at radius 3 is 2.80 bits per heavy atom. The van der Waals surface area contributed by atoms with E-state index in [1.165, 1.54) is 37.4 Å². The zero-order valence-electron chi connectivity index (χ0n) is 10.9. The highest BCUT2D eigenvalue weighted by Crippen LogP contribution is 2.25. The Bertz CT molecular complexity index is 628. The van der Waals surface area contributed by atoms with E-state index in [0.717, 1.165) is 0 Å². The fourth-order valence-corrected chi connectivity index (χ4v) is 1.81. The Hall–Kier alpha value is -2.56. The quantitative estimate of drug-likeness (QED) is 0.902. The molecule has 4 nitrogen and oxygen atoms in total. The molecule has 0 spiro atoms. The standard InChI is InChI=1S/C15H14FNO3/c1-20-14-9-11(16)5-6-13(14)17-15(19)8-10-3-2-4-12(18)7-10/h2-7,9,18H,8H2,1H3,(H,17,19). The maximum atomic E-state index is 13.0. The molecule has 0 fully saturated rings. The second-order valence-electron chi connectivity index (χ2n) is 4.24. The average molecular weight is 275 g/mol. The molecule has 2 aromatic rings. The number of ether oxygens (including phenoxy) is 1. The Morgan fingerprint density at radius 2 is 2.10 bits per heavy atom. The Morgan fingerprint density at radius 1 is 1.30 bits per heavy atom. The fourth-order valence-electron chi connectivity index (χ4n) is 1.81. The molecular weight excluding hydrogens is 261 g/mol. The molecule has 0 aromatic heterocycles. The summed E-state index contributed by atoms with van der Waals surface area (Å²) in [6.07, 6.45) is 0.106. The molecule has 0 atom stereocenters. The van der Waals surface area contributed by atoms with Crippen molar-refractivity contribution in [1.29, 1.82) is 0 Å². The van der Waals surface area contributed by atoms with E-state index in [2.05, 4.69) is 5.32 Å². The zero-order valence-corrected chi connectivity index (χ0v) is 10.9. The molecule has 0 unspecified atom stereocenters. The molecule has 0 aliphatic rings. The van der Waals surface area contributed by atoms with E-state index in [0.29, 0.717) is 11.3 Å². The van der Waals surface area contributed by atoms with Crippen LogP contribution < -0.4 is 10.1 Å². The third kappa shape index (κ3) is 3.47. The highest BCUT2D eigenvalue weighted by molar-refractivity contribution is 5.93. The number of anilines is 1. The summed E-state index contributed by atoms with van der Waals surface area (Å²) in [5, 5.41) is 12.0. The van der Waals surface area contributed by atoms with Gasteiger partial charge in [0.05, 0.1) is 19.2 Å². The van der Waals surface area contributed by atoms with Crippen molar-refractivity contribution in [3.8, 4) is 11.5 Å². The number of halogens is 1. The van der Waals surface area contributed by atoms with Gasteiger partial charge < -0.3 is 15.2 Å². The number of hydrogen-bond acceptors (Lipinski definition) is 3. The minimum atomic E-state index is -0.437. The minimum absolute atomic E-state index is 0.106. The molecule has 0 bridgehead atoms. The molecule has 0 aliphatic heterocycles. The van der Waals surface area contributed by atoms with Crippen molar-refractivity contribution in [2.45, 2.75) is 6.42 Å². The normalized spacial score (nSPS) is 10.1. The van der Waals surface area contributed by atoms with Crippen molar-refractivity contribution in [1.82, 2.24) is 0 Å². The van der Waals surface area contributed by atoms with Crippen LogP contribution in [0, 0.1) is 5.82 Å². The molecule has 0 saturated heterocycles. The van der Waals surface area contributed by atoms with Gasteiger partial charge in [-0.3, -0.25) is 4.79 Å². The summed E-state index contributed by atoms with van der Waals surface area (Å²) >= 11 is 0. The molecule has 2 rings (SSSR count). The van der Waals surface area contributed by atoms with Crippen LogP contribution in [0.3, 0.4) is 0 Å². The van der Waals surface area contributed by atoms with Crippen LogP contribution in [0.1, 0.15) is 5.56 Å². The van der Waals surface area contributed by atoms with Crippen LogP contribution in [-0.2, 0) is 11.2 Å². The second-order valence-corrected chi connectivity index (χ2v) is 4.24. The largest absolute Gasteiger partial charge is 0.508 e. The predicted octanol–water partition coefficient (Wildman–Crippen LogP) is 2.72. The van der Waals surface area contributed by atoms with Crippen LogP contribution >= 0.6 is 0 Å². The summed E-state index contributed by atoms with van der Waals surface area (Å²) in [5.41, 5.74) is 1.09. The van der Waals surface area contributed by atoms with Gasteiger partial charge in [0.1, 0.15) is 17.3 Å². The summed E-state index contributed by atoms with van der Waals surface area (Å²) in [6, 6.07) is 10.3. The van der Waals surface area contributed by atoms with E-state index in [1.54, 1.807) is 12.1 Å². The molecule has 20 heavy (non-hydrogen) atoms. The summed E-state index contributed by atoms with van der Waals surface area (Å²) in [5.74, 6) is -0.350. The van der Waals surface area contributed by atoms with Crippen LogP contribution in [0.15, 0.2) is 42.5 Å². The van der Waals surface area contributed by atoms with Gasteiger partial charge in [-0.15, -0.1) is 0 Å². The highest BCUT2D eigenvalue weighted by atomic mass is 19.1. The van der Waals surface area contributed by atoms with Gasteiger partial charge in [-0.05, 0) is 29.8 Å². The zero-order chi connectivity index (χ0) is 14.5. The molecule has 104 valence electrons. The number of rotatable bonds is 4. The number of phenols is 1. The molecule has 5 heteroatoms. The number of carbonyl (C=O) groups is 1. The van der Waals surface area contributed by atoms with E-state index in [-0.39, 0.29) is 23.8 Å². The number of amides is 1. The summed E-state index contributed by atoms with van der Waals surface area (Å²) in [7, 11) is 1.40. The van der Waals surface area contributed by atoms with Gasteiger partial charge in [0.15, 0.2) is 0 Å². The maximum absolute atomic E-state index is 13.0. The summed E-state index contributed by atoms with van der Waals surface area (Å²) in [6.45, 7) is 0. The summed E-state index contributed by atoms with van der Waals surface area (Å²) in [4.78, 5) is 11.9. The first-order chi connectivity index (χ1) is 9.58. The predicted molar refractivity (Wildman–Crippen MR) is 73.4 cm³/mol. The lowest BCUT2D eigenvalue weighted by Gasteiger charge is -2.10. The lowest BCUT2D eigenvalue weighted by Crippen LogP contribution is -2.15. The molecule has 0 heterocycles. The second kappa shape index (κ2) is 6.06. The van der Waals surface area contributed by atoms with E-state index >= 15 is 0 Å². The molecule has 0 saturated carbocycles. The van der Waals surface area contributed by atoms with Crippen molar-refractivity contribution in [2.24, 2.45) is 0 Å². The first-order valence-corrected chi connectivity index (χ1v) is 6.00. The van der Waals surface area contributed by atoms with E-state index in [4.69, 9.17) is 4.74 Å². The Kier molecular flexibility index (Phi) is 4.20. The molecule has 1 amide bonds. The lowest BCUT2D eigenvalue weighted by atomic mass is 10.1. The number of nitrogens with one attached hydrogen (secondary N) is 1. The number of methoxy groups -OCH3 is 1. The van der Waals surface area contributed by atoms with Crippen molar-refractivity contribution in [2.75, 3.05) is 12.4 Å². The lowest BCUT2D eigenvalue weighted by molar-refractivity contribution is -0.115. The monoisotopic (exact) mass is 275 g/mol. The van der Waals surface area contributed by atoms with Gasteiger partial charge in [0.2, 0.25) is 5.91 Å². The van der Waals surface area contributed by atoms with Gasteiger partial charge in [0.25, 0.3) is 0 Å². The molecule has 0 radical (unpaired) electrons. The van der Waals surface area contributed by atoms with Crippen LogP contribution in [0.5, 0.6) is 11.5 Å². The van der Waals surface area contributed by atoms with Gasteiger partial charge in [-0.2, -0.15) is 0 Å². The Labute approximate surface area is 115 Å².